The monoisotopic (exact) mass is 427 g/mol. The van der Waals surface area contributed by atoms with E-state index < -0.39 is 46.7 Å². The van der Waals surface area contributed by atoms with Crippen molar-refractivity contribution in [1.82, 2.24) is 9.55 Å². The molecule has 0 spiro atoms. The van der Waals surface area contributed by atoms with Crippen LogP contribution in [-0.4, -0.2) is 23.1 Å². The van der Waals surface area contributed by atoms with Crippen LogP contribution in [0.5, 0.6) is 0 Å². The Morgan fingerprint density at radius 3 is 2.55 bits per heavy atom. The van der Waals surface area contributed by atoms with Crippen LogP contribution >= 0.6 is 11.3 Å². The molecule has 0 radical (unpaired) electrons. The third-order valence-corrected chi connectivity index (χ3v) is 6.54. The Balaban J connectivity index is 2.03. The third kappa shape index (κ3) is 3.19. The van der Waals surface area contributed by atoms with Crippen LogP contribution in [0, 0.1) is 0 Å². The summed E-state index contributed by atoms with van der Waals surface area (Å²) >= 11 is 1.29. The number of hydrogen-bond acceptors (Lipinski definition) is 5. The fourth-order valence-corrected chi connectivity index (χ4v) is 4.84. The van der Waals surface area contributed by atoms with Gasteiger partial charge in [0.25, 0.3) is 12.0 Å². The maximum absolute atomic E-state index is 15.5. The molecule has 0 aromatic carbocycles. The number of nitrogens with zero attached hydrogens (tertiary/aromatic N) is 1. The third-order valence-electron chi connectivity index (χ3n) is 5.39. The molecule has 3 N–H and O–H groups in total. The molecule has 6 nitrogen and oxygen atoms in total. The summed E-state index contributed by atoms with van der Waals surface area (Å²) in [5.74, 6) is -2.33. The molecule has 2 aliphatic carbocycles. The minimum Gasteiger partial charge on any atom is -0.374 e. The van der Waals surface area contributed by atoms with Crippen LogP contribution in [0.1, 0.15) is 65.6 Å². The van der Waals surface area contributed by atoms with Gasteiger partial charge in [0.1, 0.15) is 11.9 Å². The molecule has 1 saturated carbocycles. The zero-order valence-electron chi connectivity index (χ0n) is 15.7. The van der Waals surface area contributed by atoms with Gasteiger partial charge in [0.15, 0.2) is 0 Å². The number of methoxy groups -OCH3 is 1. The molecule has 3 unspecified atom stereocenters. The molecule has 0 amide bonds. The number of thiophene rings is 1. The summed E-state index contributed by atoms with van der Waals surface area (Å²) in [4.78, 5) is 27.8. The van der Waals surface area contributed by atoms with Crippen LogP contribution in [0.15, 0.2) is 26.9 Å². The van der Waals surface area contributed by atoms with E-state index in [0.717, 1.165) is 4.88 Å². The van der Waals surface area contributed by atoms with Crippen molar-refractivity contribution in [3.05, 3.63) is 59.8 Å². The first-order valence-corrected chi connectivity index (χ1v) is 10.1. The zero-order chi connectivity index (χ0) is 21.0. The van der Waals surface area contributed by atoms with Crippen molar-refractivity contribution >= 4 is 16.9 Å². The quantitative estimate of drug-likeness (QED) is 0.766. The van der Waals surface area contributed by atoms with Gasteiger partial charge in [-0.05, 0) is 36.8 Å². The number of nitrogens with one attached hydrogen (secondary N) is 1. The average molecular weight is 427 g/mol. The largest absolute Gasteiger partial charge is 0.374 e. The van der Waals surface area contributed by atoms with Gasteiger partial charge in [0.2, 0.25) is 0 Å². The summed E-state index contributed by atoms with van der Waals surface area (Å²) in [6.45, 7) is 1.76. The minimum atomic E-state index is -3.23. The molecule has 2 heterocycles. The predicted molar refractivity (Wildman–Crippen MR) is 103 cm³/mol. The Hall–Kier alpha value is -2.17. The molecule has 156 valence electrons. The second-order valence-electron chi connectivity index (χ2n) is 7.39. The number of rotatable bonds is 5. The fourth-order valence-electron chi connectivity index (χ4n) is 3.93. The second kappa shape index (κ2) is 7.26. The summed E-state index contributed by atoms with van der Waals surface area (Å²) in [7, 11) is 1.31. The summed E-state index contributed by atoms with van der Waals surface area (Å²) < 4.78 is 50.1. The van der Waals surface area contributed by atoms with Gasteiger partial charge in [-0.25, -0.2) is 18.0 Å². The topological polar surface area (TPSA) is 90.1 Å². The lowest BCUT2D eigenvalue weighted by atomic mass is 9.81. The van der Waals surface area contributed by atoms with Crippen LogP contribution in [0.25, 0.3) is 5.57 Å². The van der Waals surface area contributed by atoms with Crippen molar-refractivity contribution < 1.29 is 17.9 Å². The van der Waals surface area contributed by atoms with E-state index in [9.17, 15) is 18.4 Å². The van der Waals surface area contributed by atoms with Gasteiger partial charge in [0, 0.05) is 24.1 Å². The van der Waals surface area contributed by atoms with Gasteiger partial charge < -0.3 is 10.5 Å². The van der Waals surface area contributed by atoms with E-state index in [0.29, 0.717) is 18.4 Å². The maximum atomic E-state index is 15.5. The molecule has 4 rings (SSSR count). The number of hydrogen-bond donors (Lipinski definition) is 2. The van der Waals surface area contributed by atoms with Crippen molar-refractivity contribution in [3.8, 4) is 0 Å². The van der Waals surface area contributed by atoms with Gasteiger partial charge >= 0.3 is 5.69 Å². The summed E-state index contributed by atoms with van der Waals surface area (Å²) in [6.07, 6.45) is -2.99. The lowest BCUT2D eigenvalue weighted by Crippen LogP contribution is -2.40. The Morgan fingerprint density at radius 1 is 1.34 bits per heavy atom. The lowest BCUT2D eigenvalue weighted by molar-refractivity contribution is 0.0702. The van der Waals surface area contributed by atoms with Crippen LogP contribution < -0.4 is 17.0 Å². The first-order chi connectivity index (χ1) is 13.8. The van der Waals surface area contributed by atoms with Gasteiger partial charge in [-0.2, -0.15) is 0 Å². The molecule has 2 aromatic rings. The van der Waals surface area contributed by atoms with Gasteiger partial charge in [-0.15, -0.1) is 11.3 Å². The van der Waals surface area contributed by atoms with Crippen LogP contribution in [0.2, 0.25) is 0 Å². The summed E-state index contributed by atoms with van der Waals surface area (Å²) in [5, 5.41) is 1.65. The summed E-state index contributed by atoms with van der Waals surface area (Å²) in [5.41, 5.74) is 3.10. The van der Waals surface area contributed by atoms with E-state index in [1.54, 1.807) is 18.4 Å². The molecule has 0 saturated heterocycles. The van der Waals surface area contributed by atoms with E-state index in [2.05, 4.69) is 4.98 Å². The standard InChI is InChI=1S/C19H20F3N3O3S/c1-7(23)10-5-8(6-29-10)11-14(20)12(17(21)22)13-15(16(11)28-2)25(9-3-4-9)19(27)24-18(13)26/h5-7,9,11,16-17H,3-4,23H2,1-2H3,(H,24,26,27). The molecule has 3 atom stereocenters. The molecule has 29 heavy (non-hydrogen) atoms. The van der Waals surface area contributed by atoms with Crippen LogP contribution in [-0.2, 0) is 4.74 Å². The Labute approximate surface area is 167 Å². The molecule has 2 aliphatic rings. The van der Waals surface area contributed by atoms with Crippen molar-refractivity contribution in [3.63, 3.8) is 0 Å². The highest BCUT2D eigenvalue weighted by molar-refractivity contribution is 7.10. The van der Waals surface area contributed by atoms with Crippen LogP contribution in [0.4, 0.5) is 13.2 Å². The molecular weight excluding hydrogens is 407 g/mol. The molecular formula is C19H20F3N3O3S. The second-order valence-corrected chi connectivity index (χ2v) is 8.33. The Bertz CT molecular complexity index is 1100. The van der Waals surface area contributed by atoms with Gasteiger partial charge in [-0.1, -0.05) is 0 Å². The molecule has 10 heteroatoms. The number of allylic oxidation sites excluding steroid dienone is 1. The van der Waals surface area contributed by atoms with Crippen molar-refractivity contribution in [2.45, 2.75) is 50.3 Å². The molecule has 2 aromatic heterocycles. The average Bonchev–Trinajstić information content (AvgIpc) is 3.35. The number of nitrogens with two attached hydrogens (primary N) is 1. The zero-order valence-corrected chi connectivity index (χ0v) is 16.6. The Kier molecular flexibility index (Phi) is 5.04. The van der Waals surface area contributed by atoms with E-state index in [-0.39, 0.29) is 17.8 Å². The van der Waals surface area contributed by atoms with Gasteiger partial charge in [-0.3, -0.25) is 14.3 Å². The number of alkyl halides is 2. The van der Waals surface area contributed by atoms with E-state index in [1.807, 2.05) is 0 Å². The smallest absolute Gasteiger partial charge is 0.328 e. The van der Waals surface area contributed by atoms with Gasteiger partial charge in [0.05, 0.1) is 22.7 Å². The number of fused-ring (bicyclic) bond motifs is 1. The fraction of sp³-hybridized carbons (Fsp3) is 0.474. The van der Waals surface area contributed by atoms with E-state index in [4.69, 9.17) is 10.5 Å². The SMILES string of the molecule is COC1c2c(c(=O)[nH]c(=O)n2C2CC2)C(C(F)F)=C(F)C1c1csc(C(C)N)c1. The number of aromatic amines is 1. The normalized spacial score (nSPS) is 22.9. The number of H-pyrrole nitrogens is 1. The summed E-state index contributed by atoms with van der Waals surface area (Å²) in [6, 6.07) is 1.13. The highest BCUT2D eigenvalue weighted by Gasteiger charge is 2.45. The van der Waals surface area contributed by atoms with Crippen molar-refractivity contribution in [2.75, 3.05) is 7.11 Å². The number of aromatic nitrogens is 2. The number of ether oxygens (including phenoxy) is 1. The van der Waals surface area contributed by atoms with Crippen molar-refractivity contribution in [1.29, 1.82) is 0 Å². The molecule has 0 aliphatic heterocycles. The van der Waals surface area contributed by atoms with E-state index in [1.165, 1.54) is 23.0 Å². The Morgan fingerprint density at radius 2 is 2.03 bits per heavy atom. The molecule has 0 bridgehead atoms. The maximum Gasteiger partial charge on any atom is 0.328 e. The highest BCUT2D eigenvalue weighted by Crippen LogP contribution is 2.51. The highest BCUT2D eigenvalue weighted by atomic mass is 32.1. The lowest BCUT2D eigenvalue weighted by Gasteiger charge is -2.34. The first-order valence-electron chi connectivity index (χ1n) is 9.19. The predicted octanol–water partition coefficient (Wildman–Crippen LogP) is 3.38. The molecule has 1 fully saturated rings. The minimum absolute atomic E-state index is 0.0130. The first kappa shape index (κ1) is 20.1. The van der Waals surface area contributed by atoms with Crippen LogP contribution in [0.3, 0.4) is 0 Å². The van der Waals surface area contributed by atoms with Crippen molar-refractivity contribution in [2.24, 2.45) is 5.73 Å². The number of halogens is 3. The van der Waals surface area contributed by atoms with E-state index >= 15 is 4.39 Å².